The second-order valence-electron chi connectivity index (χ2n) is 9.46. The summed E-state index contributed by atoms with van der Waals surface area (Å²) in [6.07, 6.45) is 1.99. The second kappa shape index (κ2) is 7.36. The molecule has 0 bridgehead atoms. The summed E-state index contributed by atoms with van der Waals surface area (Å²) in [6, 6.07) is 0. The molecule has 1 aliphatic carbocycles. The van der Waals surface area contributed by atoms with Crippen LogP contribution >= 0.6 is 22.9 Å². The van der Waals surface area contributed by atoms with Gasteiger partial charge in [-0.3, -0.25) is 0 Å². The number of carbonyl (C=O) groups excluding carboxylic acids is 1. The van der Waals surface area contributed by atoms with Crippen LogP contribution < -0.4 is 0 Å². The molecule has 28 heavy (non-hydrogen) atoms. The van der Waals surface area contributed by atoms with Crippen molar-refractivity contribution >= 4 is 45.7 Å². The summed E-state index contributed by atoms with van der Waals surface area (Å²) in [6.45, 7) is 12.5. The van der Waals surface area contributed by atoms with Gasteiger partial charge in [0.05, 0.1) is 10.5 Å². The number of ether oxygens (including phenoxy) is 1. The van der Waals surface area contributed by atoms with Gasteiger partial charge in [-0.2, -0.15) is 4.40 Å². The molecule has 1 fully saturated rings. The van der Waals surface area contributed by atoms with Crippen LogP contribution in [-0.2, 0) is 22.1 Å². The Morgan fingerprint density at radius 2 is 1.86 bits per heavy atom. The van der Waals surface area contributed by atoms with Crippen molar-refractivity contribution in [2.24, 2.45) is 9.81 Å². The normalized spacial score (nSPS) is 21.8. The van der Waals surface area contributed by atoms with Crippen LogP contribution in [0.3, 0.4) is 0 Å². The van der Waals surface area contributed by atoms with Crippen molar-refractivity contribution in [1.29, 1.82) is 0 Å². The third-order valence-corrected chi connectivity index (χ3v) is 7.52. The van der Waals surface area contributed by atoms with E-state index in [0.717, 1.165) is 35.5 Å². The van der Waals surface area contributed by atoms with E-state index in [1.807, 2.05) is 41.5 Å². The third kappa shape index (κ3) is 4.44. The highest BCUT2D eigenvalue weighted by molar-refractivity contribution is 7.85. The van der Waals surface area contributed by atoms with Crippen LogP contribution in [0.25, 0.3) is 0 Å². The third-order valence-electron chi connectivity index (χ3n) is 4.97. The Morgan fingerprint density at radius 3 is 2.39 bits per heavy atom. The molecule has 0 saturated carbocycles. The molecule has 6 nitrogen and oxygen atoms in total. The van der Waals surface area contributed by atoms with E-state index in [1.54, 1.807) is 4.90 Å². The van der Waals surface area contributed by atoms with Gasteiger partial charge in [0, 0.05) is 23.4 Å². The quantitative estimate of drug-likeness (QED) is 0.632. The number of halogens is 1. The van der Waals surface area contributed by atoms with Gasteiger partial charge in [-0.05, 0) is 60.8 Å². The summed E-state index contributed by atoms with van der Waals surface area (Å²) in [4.78, 5) is 19.7. The highest BCUT2D eigenvalue weighted by Crippen LogP contribution is 2.48. The van der Waals surface area contributed by atoms with E-state index in [1.165, 1.54) is 11.3 Å². The van der Waals surface area contributed by atoms with Crippen molar-refractivity contribution in [2.45, 2.75) is 71.2 Å². The summed E-state index contributed by atoms with van der Waals surface area (Å²) in [5.74, 6) is 0. The van der Waals surface area contributed by atoms with Gasteiger partial charge >= 0.3 is 6.09 Å². The lowest BCUT2D eigenvalue weighted by Gasteiger charge is -2.39. The van der Waals surface area contributed by atoms with Gasteiger partial charge in [0.25, 0.3) is 0 Å². The van der Waals surface area contributed by atoms with Gasteiger partial charge in [0.2, 0.25) is 0 Å². The Bertz CT molecular complexity index is 828. The number of fused-ring (bicyclic) bond motifs is 1. The predicted molar refractivity (Wildman–Crippen MR) is 115 cm³/mol. The van der Waals surface area contributed by atoms with Gasteiger partial charge < -0.3 is 9.64 Å². The molecule has 0 N–H and O–H groups in total. The number of amides is 1. The minimum absolute atomic E-state index is 0.238. The maximum Gasteiger partial charge on any atom is 0.410 e. The number of nitrogens with zero attached hydrogens (tertiary/aromatic N) is 3. The summed E-state index contributed by atoms with van der Waals surface area (Å²) in [7, 11) is -1.38. The number of hydrogen-bond donors (Lipinski definition) is 0. The van der Waals surface area contributed by atoms with E-state index >= 15 is 0 Å². The SMILES string of the molecule is CC(C)(C)OC(=O)N1CCC2(CC1)Cc1sc(Cl)nc1C2=N[S@@](=O)C(C)(C)C. The van der Waals surface area contributed by atoms with Crippen molar-refractivity contribution in [3.63, 3.8) is 0 Å². The fourth-order valence-corrected chi connectivity index (χ4v) is 5.50. The standard InChI is InChI=1S/C19H28ClN3O3S2/c1-17(2,3)26-16(24)23-9-7-19(8-10-23)11-12-13(21-15(20)27-12)14(19)22-28(25)18(4,5)6/h7-11H2,1-6H3/t28-/m0/s1. The Kier molecular flexibility index (Phi) is 5.71. The maximum absolute atomic E-state index is 12.8. The minimum Gasteiger partial charge on any atom is -0.444 e. The molecular weight excluding hydrogens is 418 g/mol. The number of thiazole rings is 1. The molecule has 156 valence electrons. The largest absolute Gasteiger partial charge is 0.444 e. The molecule has 1 amide bonds. The van der Waals surface area contributed by atoms with E-state index < -0.39 is 21.3 Å². The molecule has 0 unspecified atom stereocenters. The smallest absolute Gasteiger partial charge is 0.410 e. The molecule has 3 rings (SSSR count). The van der Waals surface area contributed by atoms with E-state index in [-0.39, 0.29) is 11.5 Å². The minimum atomic E-state index is -1.38. The van der Waals surface area contributed by atoms with Crippen LogP contribution in [0.1, 0.15) is 65.0 Å². The van der Waals surface area contributed by atoms with Gasteiger partial charge in [-0.1, -0.05) is 11.6 Å². The van der Waals surface area contributed by atoms with Crippen LogP contribution in [0.15, 0.2) is 4.40 Å². The lowest BCUT2D eigenvalue weighted by Crippen LogP contribution is -2.47. The number of carbonyl (C=O) groups is 1. The first-order chi connectivity index (χ1) is 12.8. The van der Waals surface area contributed by atoms with E-state index in [4.69, 9.17) is 16.3 Å². The van der Waals surface area contributed by atoms with Gasteiger partial charge in [0.15, 0.2) is 4.47 Å². The summed E-state index contributed by atoms with van der Waals surface area (Å²) in [5, 5.41) is 0. The number of aromatic nitrogens is 1. The molecule has 2 aliphatic rings. The maximum atomic E-state index is 12.8. The van der Waals surface area contributed by atoms with Crippen LogP contribution in [0.4, 0.5) is 4.79 Å². The highest BCUT2D eigenvalue weighted by Gasteiger charge is 2.49. The highest BCUT2D eigenvalue weighted by atomic mass is 35.5. The lowest BCUT2D eigenvalue weighted by molar-refractivity contribution is 0.0159. The predicted octanol–water partition coefficient (Wildman–Crippen LogP) is 4.62. The van der Waals surface area contributed by atoms with Crippen molar-refractivity contribution in [2.75, 3.05) is 13.1 Å². The average molecular weight is 446 g/mol. The van der Waals surface area contributed by atoms with E-state index in [2.05, 4.69) is 9.38 Å². The van der Waals surface area contributed by atoms with Crippen LogP contribution in [-0.4, -0.2) is 49.3 Å². The molecule has 9 heteroatoms. The van der Waals surface area contributed by atoms with Crippen molar-refractivity contribution in [3.05, 3.63) is 15.0 Å². The van der Waals surface area contributed by atoms with Crippen molar-refractivity contribution < 1.29 is 13.7 Å². The Morgan fingerprint density at radius 1 is 1.25 bits per heavy atom. The first-order valence-electron chi connectivity index (χ1n) is 9.45. The lowest BCUT2D eigenvalue weighted by atomic mass is 9.75. The molecule has 1 aromatic heterocycles. The van der Waals surface area contributed by atoms with Crippen LogP contribution in [0, 0.1) is 5.41 Å². The number of piperidine rings is 1. The molecule has 1 aliphatic heterocycles. The van der Waals surface area contributed by atoms with E-state index in [9.17, 15) is 9.00 Å². The zero-order valence-corrected chi connectivity index (χ0v) is 19.7. The van der Waals surface area contributed by atoms with Crippen LogP contribution in [0.2, 0.25) is 4.47 Å². The monoisotopic (exact) mass is 445 g/mol. The summed E-state index contributed by atoms with van der Waals surface area (Å²) in [5.41, 5.74) is 0.833. The Balaban J connectivity index is 1.85. The fourth-order valence-electron chi connectivity index (χ4n) is 3.49. The average Bonchev–Trinajstić information content (AvgIpc) is 3.00. The molecule has 1 aromatic rings. The van der Waals surface area contributed by atoms with Crippen LogP contribution in [0.5, 0.6) is 0 Å². The number of hydrogen-bond acceptors (Lipinski definition) is 5. The van der Waals surface area contributed by atoms with Gasteiger partial charge in [-0.15, -0.1) is 11.3 Å². The molecule has 1 atom stereocenters. The molecule has 2 heterocycles. The Hall–Kier alpha value is -0.990. The number of likely N-dealkylation sites (tertiary alicyclic amines) is 1. The number of rotatable bonds is 1. The zero-order chi connectivity index (χ0) is 20.9. The van der Waals surface area contributed by atoms with Gasteiger partial charge in [-0.25, -0.2) is 14.0 Å². The summed E-state index contributed by atoms with van der Waals surface area (Å²) < 4.78 is 23.0. The molecule has 0 aromatic carbocycles. The molecule has 1 saturated heterocycles. The first-order valence-corrected chi connectivity index (χ1v) is 11.8. The van der Waals surface area contributed by atoms with Crippen molar-refractivity contribution in [3.8, 4) is 0 Å². The molecule has 1 spiro atoms. The molecule has 0 radical (unpaired) electrons. The van der Waals surface area contributed by atoms with Gasteiger partial charge in [0.1, 0.15) is 22.3 Å². The second-order valence-corrected chi connectivity index (χ2v) is 13.0. The van der Waals surface area contributed by atoms with E-state index in [0.29, 0.717) is 17.6 Å². The Labute approximate surface area is 178 Å². The topological polar surface area (TPSA) is 71.9 Å². The first kappa shape index (κ1) is 21.7. The van der Waals surface area contributed by atoms with Crippen molar-refractivity contribution in [1.82, 2.24) is 9.88 Å². The molecular formula is C19H28ClN3O3S2. The zero-order valence-electron chi connectivity index (χ0n) is 17.3. The fraction of sp³-hybridized carbons (Fsp3) is 0.737. The summed E-state index contributed by atoms with van der Waals surface area (Å²) >= 11 is 7.60.